The Balaban J connectivity index is 1.67. The predicted octanol–water partition coefficient (Wildman–Crippen LogP) is 6.97. The minimum atomic E-state index is -6.53. The first kappa shape index (κ1) is 27.0. The van der Waals surface area contributed by atoms with Crippen molar-refractivity contribution in [2.75, 3.05) is 6.61 Å². The van der Waals surface area contributed by atoms with Crippen LogP contribution in [0.15, 0.2) is 52.4 Å². The van der Waals surface area contributed by atoms with E-state index >= 15 is 8.78 Å². The maximum atomic E-state index is 15.4. The van der Waals surface area contributed by atoms with Gasteiger partial charge in [0.05, 0.1) is 19.1 Å². The molecule has 4 aliphatic rings. The number of nitrogens with zero attached hydrogens (tertiary/aromatic N) is 1. The summed E-state index contributed by atoms with van der Waals surface area (Å²) < 4.78 is 104. The van der Waals surface area contributed by atoms with E-state index in [1.54, 1.807) is 30.5 Å². The summed E-state index contributed by atoms with van der Waals surface area (Å²) in [5.41, 5.74) is -1.34. The molecule has 1 aromatic carbocycles. The largest absolute Gasteiger partial charge is 0.501 e. The maximum absolute atomic E-state index is 15.4. The van der Waals surface area contributed by atoms with Crippen molar-refractivity contribution in [2.24, 2.45) is 22.4 Å². The molecule has 1 aliphatic heterocycles. The number of aliphatic hydroxyl groups is 1. The van der Waals surface area contributed by atoms with Crippen LogP contribution in [0, 0.1) is 17.3 Å². The van der Waals surface area contributed by atoms with Crippen LogP contribution in [0.25, 0.3) is 0 Å². The highest BCUT2D eigenvalue weighted by Gasteiger charge is 2.84. The summed E-state index contributed by atoms with van der Waals surface area (Å²) in [6.07, 6.45) is -3.23. The fraction of sp³-hybridized carbons (Fsp3) is 0.593. The van der Waals surface area contributed by atoms with Gasteiger partial charge in [-0.25, -0.2) is 0 Å². The molecule has 2 N–H and O–H groups in total. The van der Waals surface area contributed by atoms with Crippen molar-refractivity contribution in [1.29, 1.82) is 0 Å². The third-order valence-corrected chi connectivity index (χ3v) is 9.44. The van der Waals surface area contributed by atoms with E-state index in [1.807, 2.05) is 0 Å². The van der Waals surface area contributed by atoms with Gasteiger partial charge in [-0.3, -0.25) is 0 Å². The lowest BCUT2D eigenvalue weighted by Crippen LogP contribution is -2.69. The van der Waals surface area contributed by atoms with Crippen LogP contribution in [0.2, 0.25) is 0 Å². The van der Waals surface area contributed by atoms with Gasteiger partial charge < -0.3 is 15.1 Å². The van der Waals surface area contributed by atoms with Crippen LogP contribution in [-0.2, 0) is 4.74 Å². The molecule has 4 nitrogen and oxygen atoms in total. The lowest BCUT2D eigenvalue weighted by Gasteiger charge is -2.56. The van der Waals surface area contributed by atoms with E-state index in [4.69, 9.17) is 9.94 Å². The molecule has 1 heterocycles. The predicted molar refractivity (Wildman–Crippen MR) is 123 cm³/mol. The van der Waals surface area contributed by atoms with Crippen molar-refractivity contribution >= 4 is 6.21 Å². The van der Waals surface area contributed by atoms with Gasteiger partial charge in [-0.05, 0) is 66.2 Å². The van der Waals surface area contributed by atoms with E-state index < -0.39 is 47.3 Å². The Kier molecular flexibility index (Phi) is 6.20. The van der Waals surface area contributed by atoms with Crippen molar-refractivity contribution in [3.63, 3.8) is 0 Å². The van der Waals surface area contributed by atoms with Crippen LogP contribution in [0.4, 0.5) is 30.7 Å². The number of ether oxygens (including phenoxy) is 1. The molecule has 5 atom stereocenters. The van der Waals surface area contributed by atoms with Gasteiger partial charge in [-0.15, -0.1) is 0 Å². The Hall–Kier alpha value is -2.56. The quantitative estimate of drug-likeness (QED) is 0.185. The van der Waals surface area contributed by atoms with Crippen molar-refractivity contribution in [3.8, 4) is 0 Å². The van der Waals surface area contributed by atoms with E-state index in [0.29, 0.717) is 37.0 Å². The number of rotatable bonds is 4. The maximum Gasteiger partial charge on any atom is 0.459 e. The first-order valence-corrected chi connectivity index (χ1v) is 12.6. The minimum Gasteiger partial charge on any atom is -0.501 e. The molecule has 0 aromatic heterocycles. The van der Waals surface area contributed by atoms with Gasteiger partial charge in [0.2, 0.25) is 0 Å². The third kappa shape index (κ3) is 3.56. The highest BCUT2D eigenvalue weighted by atomic mass is 19.4. The number of alkyl halides is 7. The molecule has 0 saturated heterocycles. The minimum absolute atomic E-state index is 0.0911. The summed E-state index contributed by atoms with van der Waals surface area (Å²) in [7, 11) is 0. The first-order valence-electron chi connectivity index (χ1n) is 12.6. The number of allylic oxidation sites excluding steroid dienone is 2. The number of halogens is 7. The van der Waals surface area contributed by atoms with E-state index in [-0.39, 0.29) is 18.8 Å². The van der Waals surface area contributed by atoms with Crippen molar-refractivity contribution in [2.45, 2.75) is 75.0 Å². The van der Waals surface area contributed by atoms with Gasteiger partial charge in [0.25, 0.3) is 0 Å². The van der Waals surface area contributed by atoms with Gasteiger partial charge in [-0.1, -0.05) is 41.9 Å². The van der Waals surface area contributed by atoms with Crippen molar-refractivity contribution < 1.29 is 45.8 Å². The fourth-order valence-corrected chi connectivity index (χ4v) is 7.58. The molecule has 0 bridgehead atoms. The van der Waals surface area contributed by atoms with Crippen LogP contribution < -0.4 is 0 Å². The Bertz CT molecular complexity index is 1190. The second-order valence-corrected chi connectivity index (χ2v) is 11.1. The van der Waals surface area contributed by atoms with Crippen LogP contribution in [0.1, 0.15) is 62.5 Å². The number of fused-ring (bicyclic) bond motifs is 4. The number of oxime groups is 1. The molecule has 2 unspecified atom stereocenters. The average Bonchev–Trinajstić information content (AvgIpc) is 3.15. The van der Waals surface area contributed by atoms with Gasteiger partial charge in [0.15, 0.2) is 0 Å². The average molecular weight is 548 g/mol. The summed E-state index contributed by atoms with van der Waals surface area (Å²) in [5.74, 6) is -13.8. The fourth-order valence-electron chi connectivity index (χ4n) is 7.58. The lowest BCUT2D eigenvalue weighted by molar-refractivity contribution is -0.400. The van der Waals surface area contributed by atoms with Crippen LogP contribution in [0.3, 0.4) is 0 Å². The number of benzene rings is 1. The molecule has 1 aromatic rings. The SMILES string of the molecule is C[C@]12C[C@H](c3ccc(C=NO)cc3)C3=C4CCOC=C4CCC3C1CC[C@@]2(O)C(F)(F)C(F)(F)C(F)(F)F. The second-order valence-electron chi connectivity index (χ2n) is 11.1. The standard InChI is InChI=1S/C27H28F7NO3/c1-23-12-20(16-4-2-15(3-5-16)13-35-37)22-18-9-11-38-14-17(18)6-7-19(22)21(23)8-10-24(23,36)25(28,29)26(30,31)27(32,33)34/h2-5,13-14,19-21,36-37H,6-12H2,1H3/t19?,20-,21?,23+,24+/m1/s1. The van der Waals surface area contributed by atoms with E-state index in [2.05, 4.69) is 5.16 Å². The lowest BCUT2D eigenvalue weighted by atomic mass is 9.50. The van der Waals surface area contributed by atoms with E-state index in [0.717, 1.165) is 16.7 Å². The number of hydrogen-bond acceptors (Lipinski definition) is 4. The first-order chi connectivity index (χ1) is 17.7. The van der Waals surface area contributed by atoms with E-state index in [1.165, 1.54) is 13.1 Å². The van der Waals surface area contributed by atoms with Gasteiger partial charge in [0.1, 0.15) is 5.60 Å². The van der Waals surface area contributed by atoms with Crippen LogP contribution in [0.5, 0.6) is 0 Å². The molecule has 2 fully saturated rings. The van der Waals surface area contributed by atoms with Crippen LogP contribution >= 0.6 is 0 Å². The van der Waals surface area contributed by atoms with E-state index in [9.17, 15) is 27.1 Å². The highest BCUT2D eigenvalue weighted by molar-refractivity contribution is 5.79. The molecule has 3 aliphatic carbocycles. The summed E-state index contributed by atoms with van der Waals surface area (Å²) in [6, 6.07) is 6.68. The van der Waals surface area contributed by atoms with Crippen LogP contribution in [-0.4, -0.2) is 46.8 Å². The molecule has 5 rings (SSSR count). The topological polar surface area (TPSA) is 62.1 Å². The van der Waals surface area contributed by atoms with Crippen molar-refractivity contribution in [3.05, 3.63) is 58.4 Å². The molecule has 38 heavy (non-hydrogen) atoms. The molecule has 208 valence electrons. The molecular formula is C27H28F7NO3. The molecule has 11 heteroatoms. The number of hydrogen-bond donors (Lipinski definition) is 2. The third-order valence-electron chi connectivity index (χ3n) is 9.44. The summed E-state index contributed by atoms with van der Waals surface area (Å²) in [5, 5.41) is 23.1. The smallest absolute Gasteiger partial charge is 0.459 e. The normalized spacial score (nSPS) is 33.9. The molecule has 0 spiro atoms. The van der Waals surface area contributed by atoms with Crippen molar-refractivity contribution in [1.82, 2.24) is 0 Å². The van der Waals surface area contributed by atoms with Gasteiger partial charge >= 0.3 is 18.0 Å². The second kappa shape index (κ2) is 8.72. The molecular weight excluding hydrogens is 519 g/mol. The Morgan fingerprint density at radius 1 is 1.03 bits per heavy atom. The monoisotopic (exact) mass is 547 g/mol. The summed E-state index contributed by atoms with van der Waals surface area (Å²) in [4.78, 5) is 0. The van der Waals surface area contributed by atoms with Gasteiger partial charge in [-0.2, -0.15) is 30.7 Å². The zero-order valence-corrected chi connectivity index (χ0v) is 20.5. The molecule has 2 saturated carbocycles. The molecule has 0 amide bonds. The zero-order valence-electron chi connectivity index (χ0n) is 20.5. The summed E-state index contributed by atoms with van der Waals surface area (Å²) in [6.45, 7) is 1.66. The molecule has 0 radical (unpaired) electrons. The highest BCUT2D eigenvalue weighted by Crippen LogP contribution is 2.71. The Morgan fingerprint density at radius 3 is 2.34 bits per heavy atom. The Labute approximate surface area is 214 Å². The zero-order chi connectivity index (χ0) is 27.7. The Morgan fingerprint density at radius 2 is 1.71 bits per heavy atom. The van der Waals surface area contributed by atoms with Gasteiger partial charge in [0, 0.05) is 17.8 Å². The summed E-state index contributed by atoms with van der Waals surface area (Å²) >= 11 is 0.